The molecule has 0 amide bonds. The van der Waals surface area contributed by atoms with Crippen molar-refractivity contribution in [1.29, 1.82) is 0 Å². The predicted molar refractivity (Wildman–Crippen MR) is 55.0 cm³/mol. The van der Waals surface area contributed by atoms with E-state index >= 15 is 0 Å². The lowest BCUT2D eigenvalue weighted by atomic mass is 10.4. The van der Waals surface area contributed by atoms with Gasteiger partial charge in [0.1, 0.15) is 0 Å². The van der Waals surface area contributed by atoms with Crippen molar-refractivity contribution in [3.8, 4) is 10.6 Å². The zero-order chi connectivity index (χ0) is 9.26. The number of aromatic amines is 1. The summed E-state index contributed by atoms with van der Waals surface area (Å²) in [7, 11) is 0. The van der Waals surface area contributed by atoms with Crippen LogP contribution in [-0.4, -0.2) is 16.3 Å². The average Bonchev–Trinajstić information content (AvgIpc) is 2.71. The minimum absolute atomic E-state index is 0.361. The first-order valence-electron chi connectivity index (χ1n) is 3.56. The number of imidazole rings is 1. The van der Waals surface area contributed by atoms with E-state index < -0.39 is 0 Å². The maximum absolute atomic E-state index is 10.4. The Bertz CT molecular complexity index is 435. The Morgan fingerprint density at radius 2 is 2.38 bits per heavy atom. The van der Waals surface area contributed by atoms with Crippen LogP contribution in [0.1, 0.15) is 10.6 Å². The molecule has 2 heterocycles. The van der Waals surface area contributed by atoms with Gasteiger partial charge in [0.2, 0.25) is 0 Å². The van der Waals surface area contributed by atoms with Crippen LogP contribution in [0.4, 0.5) is 0 Å². The van der Waals surface area contributed by atoms with Crippen LogP contribution in [0.15, 0.2) is 22.1 Å². The lowest BCUT2D eigenvalue weighted by Gasteiger charge is -1.85. The van der Waals surface area contributed by atoms with E-state index in [1.165, 1.54) is 0 Å². The van der Waals surface area contributed by atoms with E-state index in [4.69, 9.17) is 0 Å². The van der Waals surface area contributed by atoms with Crippen LogP contribution in [0.2, 0.25) is 0 Å². The van der Waals surface area contributed by atoms with Gasteiger partial charge in [0, 0.05) is 6.20 Å². The number of hydrogen-bond donors (Lipinski definition) is 1. The maximum atomic E-state index is 10.4. The van der Waals surface area contributed by atoms with Gasteiger partial charge in [-0.3, -0.25) is 4.79 Å². The topological polar surface area (TPSA) is 45.8 Å². The molecule has 66 valence electrons. The van der Waals surface area contributed by atoms with Crippen molar-refractivity contribution in [2.75, 3.05) is 0 Å². The van der Waals surface area contributed by atoms with Crippen LogP contribution in [0.25, 0.3) is 10.6 Å². The van der Waals surface area contributed by atoms with Crippen LogP contribution < -0.4 is 0 Å². The summed E-state index contributed by atoms with van der Waals surface area (Å²) in [5, 5.41) is 0. The highest BCUT2D eigenvalue weighted by molar-refractivity contribution is 9.11. The summed E-state index contributed by atoms with van der Waals surface area (Å²) in [6, 6.07) is 3.91. The van der Waals surface area contributed by atoms with Crippen LogP contribution in [0, 0.1) is 0 Å². The number of nitrogens with zero attached hydrogens (tertiary/aromatic N) is 1. The van der Waals surface area contributed by atoms with Crippen molar-refractivity contribution in [3.63, 3.8) is 0 Å². The van der Waals surface area contributed by atoms with Gasteiger partial charge in [-0.1, -0.05) is 0 Å². The van der Waals surface area contributed by atoms with E-state index in [-0.39, 0.29) is 0 Å². The Morgan fingerprint density at radius 1 is 1.54 bits per heavy atom. The molecule has 0 saturated heterocycles. The number of halogens is 1. The standard InChI is InChI=1S/C8H5BrN2OS/c9-7-2-1-6(13-7)5-3-10-8(4-12)11-5/h1-4H,(H,10,11). The van der Waals surface area contributed by atoms with Gasteiger partial charge < -0.3 is 4.98 Å². The molecule has 1 N–H and O–H groups in total. The molecule has 13 heavy (non-hydrogen) atoms. The monoisotopic (exact) mass is 256 g/mol. The molecule has 0 aliphatic rings. The number of hydrogen-bond acceptors (Lipinski definition) is 3. The highest BCUT2D eigenvalue weighted by Crippen LogP contribution is 2.29. The van der Waals surface area contributed by atoms with Crippen molar-refractivity contribution in [2.24, 2.45) is 0 Å². The number of thiophene rings is 1. The largest absolute Gasteiger partial charge is 0.342 e. The van der Waals surface area contributed by atoms with Gasteiger partial charge in [0.05, 0.1) is 14.4 Å². The first-order valence-corrected chi connectivity index (χ1v) is 5.17. The first kappa shape index (κ1) is 8.65. The fourth-order valence-corrected chi connectivity index (χ4v) is 2.32. The van der Waals surface area contributed by atoms with Gasteiger partial charge in [-0.25, -0.2) is 4.98 Å². The molecule has 0 atom stereocenters. The molecule has 2 aromatic heterocycles. The third-order valence-corrected chi connectivity index (χ3v) is 3.18. The van der Waals surface area contributed by atoms with Gasteiger partial charge in [0.15, 0.2) is 12.1 Å². The molecule has 0 saturated carbocycles. The summed E-state index contributed by atoms with van der Waals surface area (Å²) in [5.41, 5.74) is 0.804. The summed E-state index contributed by atoms with van der Waals surface area (Å²) in [4.78, 5) is 18.2. The SMILES string of the molecule is O=Cc1nc(-c2ccc(Br)s2)c[nH]1. The molecule has 0 fully saturated rings. The van der Waals surface area contributed by atoms with Crippen LogP contribution in [0.3, 0.4) is 0 Å². The quantitative estimate of drug-likeness (QED) is 0.841. The molecule has 0 aliphatic heterocycles. The predicted octanol–water partition coefficient (Wildman–Crippen LogP) is 2.71. The summed E-state index contributed by atoms with van der Waals surface area (Å²) >= 11 is 4.95. The maximum Gasteiger partial charge on any atom is 0.185 e. The number of carbonyl (C=O) groups excluding carboxylic acids is 1. The zero-order valence-electron chi connectivity index (χ0n) is 6.45. The minimum atomic E-state index is 0.361. The molecular formula is C8H5BrN2OS. The smallest absolute Gasteiger partial charge is 0.185 e. The van der Waals surface area contributed by atoms with Crippen molar-refractivity contribution in [2.45, 2.75) is 0 Å². The lowest BCUT2D eigenvalue weighted by molar-refractivity contribution is 0.111. The van der Waals surface area contributed by atoms with Crippen molar-refractivity contribution < 1.29 is 4.79 Å². The third kappa shape index (κ3) is 1.71. The second kappa shape index (κ2) is 3.43. The van der Waals surface area contributed by atoms with Gasteiger partial charge in [-0.15, -0.1) is 11.3 Å². The Hall–Kier alpha value is -0.940. The second-order valence-corrected chi connectivity index (χ2v) is 4.86. The Morgan fingerprint density at radius 3 is 2.92 bits per heavy atom. The molecule has 3 nitrogen and oxygen atoms in total. The van der Waals surface area contributed by atoms with E-state index in [0.29, 0.717) is 12.1 Å². The normalized spacial score (nSPS) is 10.2. The molecule has 2 rings (SSSR count). The number of aromatic nitrogens is 2. The second-order valence-electron chi connectivity index (χ2n) is 2.39. The average molecular weight is 257 g/mol. The van der Waals surface area contributed by atoms with E-state index in [0.717, 1.165) is 14.4 Å². The number of carbonyl (C=O) groups is 1. The van der Waals surface area contributed by atoms with Gasteiger partial charge >= 0.3 is 0 Å². The lowest BCUT2D eigenvalue weighted by Crippen LogP contribution is -1.80. The first-order chi connectivity index (χ1) is 6.29. The third-order valence-electron chi connectivity index (χ3n) is 1.53. The van der Waals surface area contributed by atoms with E-state index in [1.54, 1.807) is 17.5 Å². The summed E-state index contributed by atoms with van der Waals surface area (Å²) in [6.07, 6.45) is 2.42. The number of aldehydes is 1. The molecule has 0 radical (unpaired) electrons. The molecule has 0 aliphatic carbocycles. The number of H-pyrrole nitrogens is 1. The summed E-state index contributed by atoms with van der Waals surface area (Å²) < 4.78 is 1.05. The Balaban J connectivity index is 2.40. The highest BCUT2D eigenvalue weighted by Gasteiger charge is 2.04. The minimum Gasteiger partial charge on any atom is -0.342 e. The molecule has 0 spiro atoms. The van der Waals surface area contributed by atoms with Crippen LogP contribution in [-0.2, 0) is 0 Å². The van der Waals surface area contributed by atoms with E-state index in [9.17, 15) is 4.79 Å². The van der Waals surface area contributed by atoms with Crippen molar-refractivity contribution >= 4 is 33.6 Å². The number of nitrogens with one attached hydrogen (secondary N) is 1. The van der Waals surface area contributed by atoms with E-state index in [2.05, 4.69) is 25.9 Å². The highest BCUT2D eigenvalue weighted by atomic mass is 79.9. The summed E-state index contributed by atoms with van der Waals surface area (Å²) in [6.45, 7) is 0. The molecule has 0 aromatic carbocycles. The molecule has 2 aromatic rings. The molecule has 5 heteroatoms. The molecule has 0 unspecified atom stereocenters. The number of rotatable bonds is 2. The van der Waals surface area contributed by atoms with Crippen LogP contribution in [0.5, 0.6) is 0 Å². The van der Waals surface area contributed by atoms with Gasteiger partial charge in [-0.2, -0.15) is 0 Å². The fourth-order valence-electron chi connectivity index (χ4n) is 0.975. The van der Waals surface area contributed by atoms with Crippen molar-refractivity contribution in [1.82, 2.24) is 9.97 Å². The van der Waals surface area contributed by atoms with E-state index in [1.807, 2.05) is 12.1 Å². The van der Waals surface area contributed by atoms with Crippen LogP contribution >= 0.6 is 27.3 Å². The fraction of sp³-hybridized carbons (Fsp3) is 0. The zero-order valence-corrected chi connectivity index (χ0v) is 8.85. The van der Waals surface area contributed by atoms with Gasteiger partial charge in [0.25, 0.3) is 0 Å². The summed E-state index contributed by atoms with van der Waals surface area (Å²) in [5.74, 6) is 0.361. The Labute approximate surface area is 87.0 Å². The van der Waals surface area contributed by atoms with Gasteiger partial charge in [-0.05, 0) is 28.1 Å². The molecule has 0 bridgehead atoms. The van der Waals surface area contributed by atoms with Crippen molar-refractivity contribution in [3.05, 3.63) is 27.9 Å². The molecular weight excluding hydrogens is 252 g/mol. The Kier molecular flexibility index (Phi) is 2.28.